The van der Waals surface area contributed by atoms with Crippen LogP contribution in [0.15, 0.2) is 0 Å². The first-order chi connectivity index (χ1) is 5.31. The molecule has 1 saturated heterocycles. The van der Waals surface area contributed by atoms with E-state index in [1.54, 1.807) is 0 Å². The van der Waals surface area contributed by atoms with Crippen LogP contribution in [-0.4, -0.2) is 23.8 Å². The lowest BCUT2D eigenvalue weighted by atomic mass is 9.94. The second kappa shape index (κ2) is 2.48. The number of aliphatic hydroxyl groups excluding tert-OH is 1. The molecule has 1 aliphatic heterocycles. The van der Waals surface area contributed by atoms with Gasteiger partial charge in [-0.1, -0.05) is 0 Å². The number of aliphatic hydroxyl groups is 1. The normalized spacial score (nSPS) is 42.3. The molecule has 1 N–H and O–H groups in total. The van der Waals surface area contributed by atoms with Gasteiger partial charge in [0.1, 0.15) is 6.10 Å². The van der Waals surface area contributed by atoms with Crippen LogP contribution >= 0.6 is 0 Å². The van der Waals surface area contributed by atoms with Gasteiger partial charge in [0, 0.05) is 12.5 Å². The van der Waals surface area contributed by atoms with Crippen molar-refractivity contribution >= 4 is 5.97 Å². The van der Waals surface area contributed by atoms with Crippen molar-refractivity contribution in [2.24, 2.45) is 11.8 Å². The van der Waals surface area contributed by atoms with Crippen LogP contribution in [0.1, 0.15) is 19.3 Å². The molecule has 0 unspecified atom stereocenters. The van der Waals surface area contributed by atoms with Gasteiger partial charge in [0.25, 0.3) is 0 Å². The fourth-order valence-electron chi connectivity index (χ4n) is 2.19. The fourth-order valence-corrected chi connectivity index (χ4v) is 2.19. The summed E-state index contributed by atoms with van der Waals surface area (Å²) >= 11 is 0. The van der Waals surface area contributed by atoms with E-state index in [1.807, 2.05) is 0 Å². The monoisotopic (exact) mass is 156 g/mol. The third-order valence-electron chi connectivity index (χ3n) is 2.82. The average Bonchev–Trinajstić information content (AvgIpc) is 2.45. The standard InChI is InChI=1S/C8H12O3/c9-4-5-1-2-7-6(5)3-8(10)11-7/h5-7,9H,1-4H2/t5-,6+,7-/m1/s1. The molecule has 62 valence electrons. The molecule has 1 heterocycles. The molecule has 1 aliphatic carbocycles. The second-order valence-corrected chi connectivity index (χ2v) is 3.42. The van der Waals surface area contributed by atoms with Crippen LogP contribution in [0.2, 0.25) is 0 Å². The molecule has 1 saturated carbocycles. The predicted molar refractivity (Wildman–Crippen MR) is 37.8 cm³/mol. The van der Waals surface area contributed by atoms with E-state index in [-0.39, 0.29) is 18.7 Å². The molecule has 2 fully saturated rings. The van der Waals surface area contributed by atoms with Gasteiger partial charge in [0.15, 0.2) is 0 Å². The number of carbonyl (C=O) groups excluding carboxylic acids is 1. The predicted octanol–water partition coefficient (Wildman–Crippen LogP) is 0.320. The number of hydrogen-bond donors (Lipinski definition) is 1. The van der Waals surface area contributed by atoms with Crippen LogP contribution in [0.25, 0.3) is 0 Å². The molecule has 0 aromatic rings. The van der Waals surface area contributed by atoms with Crippen molar-refractivity contribution in [3.63, 3.8) is 0 Å². The van der Waals surface area contributed by atoms with E-state index in [9.17, 15) is 4.79 Å². The summed E-state index contributed by atoms with van der Waals surface area (Å²) in [5, 5.41) is 8.93. The van der Waals surface area contributed by atoms with Crippen molar-refractivity contribution in [3.8, 4) is 0 Å². The molecule has 0 aromatic carbocycles. The van der Waals surface area contributed by atoms with E-state index in [0.29, 0.717) is 18.3 Å². The first kappa shape index (κ1) is 7.10. The number of carbonyl (C=O) groups is 1. The van der Waals surface area contributed by atoms with Crippen LogP contribution < -0.4 is 0 Å². The minimum Gasteiger partial charge on any atom is -0.462 e. The topological polar surface area (TPSA) is 46.5 Å². The van der Waals surface area contributed by atoms with E-state index in [1.165, 1.54) is 0 Å². The Morgan fingerprint density at radius 2 is 2.36 bits per heavy atom. The maximum absolute atomic E-state index is 10.8. The molecule has 0 spiro atoms. The molecule has 3 atom stereocenters. The van der Waals surface area contributed by atoms with Crippen LogP contribution in [-0.2, 0) is 9.53 Å². The van der Waals surface area contributed by atoms with E-state index in [0.717, 1.165) is 12.8 Å². The Bertz CT molecular complexity index is 178. The van der Waals surface area contributed by atoms with Crippen molar-refractivity contribution in [1.29, 1.82) is 0 Å². The summed E-state index contributed by atoms with van der Waals surface area (Å²) in [7, 11) is 0. The van der Waals surface area contributed by atoms with Gasteiger partial charge in [0.05, 0.1) is 6.42 Å². The van der Waals surface area contributed by atoms with Gasteiger partial charge in [-0.3, -0.25) is 4.79 Å². The maximum Gasteiger partial charge on any atom is 0.306 e. The number of rotatable bonds is 1. The molecule has 2 rings (SSSR count). The van der Waals surface area contributed by atoms with Crippen molar-refractivity contribution in [2.75, 3.05) is 6.61 Å². The molecular formula is C8H12O3. The van der Waals surface area contributed by atoms with E-state index < -0.39 is 0 Å². The van der Waals surface area contributed by atoms with Crippen molar-refractivity contribution in [1.82, 2.24) is 0 Å². The second-order valence-electron chi connectivity index (χ2n) is 3.42. The van der Waals surface area contributed by atoms with E-state index in [4.69, 9.17) is 9.84 Å². The zero-order valence-electron chi connectivity index (χ0n) is 6.32. The summed E-state index contributed by atoms with van der Waals surface area (Å²) in [6.45, 7) is 0.206. The molecule has 2 aliphatic rings. The van der Waals surface area contributed by atoms with Crippen LogP contribution in [0.5, 0.6) is 0 Å². The van der Waals surface area contributed by atoms with Gasteiger partial charge in [-0.05, 0) is 18.8 Å². The van der Waals surface area contributed by atoms with Gasteiger partial charge in [0.2, 0.25) is 0 Å². The summed E-state index contributed by atoms with van der Waals surface area (Å²) in [5.74, 6) is 0.539. The first-order valence-electron chi connectivity index (χ1n) is 4.11. The molecule has 3 heteroatoms. The highest BCUT2D eigenvalue weighted by molar-refractivity contribution is 5.72. The van der Waals surface area contributed by atoms with Gasteiger partial charge < -0.3 is 9.84 Å². The lowest BCUT2D eigenvalue weighted by molar-refractivity contribution is -0.141. The fraction of sp³-hybridized carbons (Fsp3) is 0.875. The highest BCUT2D eigenvalue weighted by Crippen LogP contribution is 2.40. The van der Waals surface area contributed by atoms with Gasteiger partial charge >= 0.3 is 5.97 Å². The smallest absolute Gasteiger partial charge is 0.306 e. The largest absolute Gasteiger partial charge is 0.462 e. The van der Waals surface area contributed by atoms with Crippen molar-refractivity contribution < 1.29 is 14.6 Å². The van der Waals surface area contributed by atoms with Crippen LogP contribution in [0.4, 0.5) is 0 Å². The van der Waals surface area contributed by atoms with Gasteiger partial charge in [-0.15, -0.1) is 0 Å². The third kappa shape index (κ3) is 1.03. The summed E-state index contributed by atoms with van der Waals surface area (Å²) in [5.41, 5.74) is 0. The Hall–Kier alpha value is -0.570. The summed E-state index contributed by atoms with van der Waals surface area (Å²) in [6.07, 6.45) is 2.61. The lowest BCUT2D eigenvalue weighted by Crippen LogP contribution is -2.16. The number of ether oxygens (including phenoxy) is 1. The Balaban J connectivity index is 2.07. The highest BCUT2D eigenvalue weighted by Gasteiger charge is 2.44. The number of esters is 1. The molecular weight excluding hydrogens is 144 g/mol. The van der Waals surface area contributed by atoms with Crippen molar-refractivity contribution in [2.45, 2.75) is 25.4 Å². The average molecular weight is 156 g/mol. The minimum atomic E-state index is -0.0850. The number of fused-ring (bicyclic) bond motifs is 1. The Labute approximate surface area is 65.4 Å². The maximum atomic E-state index is 10.8. The molecule has 0 radical (unpaired) electrons. The minimum absolute atomic E-state index is 0.0850. The summed E-state index contributed by atoms with van der Waals surface area (Å²) < 4.78 is 5.07. The SMILES string of the molecule is O=C1C[C@H]2[C@@H](CO)CC[C@H]2O1. The molecule has 0 aromatic heterocycles. The molecule has 11 heavy (non-hydrogen) atoms. The molecule has 0 bridgehead atoms. The van der Waals surface area contributed by atoms with Crippen LogP contribution in [0, 0.1) is 11.8 Å². The molecule has 3 nitrogen and oxygen atoms in total. The summed E-state index contributed by atoms with van der Waals surface area (Å²) in [4.78, 5) is 10.8. The van der Waals surface area contributed by atoms with Crippen molar-refractivity contribution in [3.05, 3.63) is 0 Å². The quantitative estimate of drug-likeness (QED) is 0.556. The highest BCUT2D eigenvalue weighted by atomic mass is 16.6. The molecule has 0 amide bonds. The zero-order valence-corrected chi connectivity index (χ0v) is 6.32. The Morgan fingerprint density at radius 3 is 3.09 bits per heavy atom. The number of hydrogen-bond acceptors (Lipinski definition) is 3. The third-order valence-corrected chi connectivity index (χ3v) is 2.82. The van der Waals surface area contributed by atoms with Crippen LogP contribution in [0.3, 0.4) is 0 Å². The van der Waals surface area contributed by atoms with Gasteiger partial charge in [-0.2, -0.15) is 0 Å². The summed E-state index contributed by atoms with van der Waals surface area (Å²) in [6, 6.07) is 0. The first-order valence-corrected chi connectivity index (χ1v) is 4.11. The van der Waals surface area contributed by atoms with E-state index in [2.05, 4.69) is 0 Å². The Kier molecular flexibility index (Phi) is 1.60. The lowest BCUT2D eigenvalue weighted by Gasteiger charge is -2.11. The Morgan fingerprint density at radius 1 is 1.55 bits per heavy atom. The van der Waals surface area contributed by atoms with Gasteiger partial charge in [-0.25, -0.2) is 0 Å². The zero-order chi connectivity index (χ0) is 7.84. The van der Waals surface area contributed by atoms with E-state index >= 15 is 0 Å².